The fraction of sp³-hybridized carbons (Fsp3) is 0.800. The first kappa shape index (κ1) is 17.6. The Kier molecular flexibility index (Phi) is 6.51. The van der Waals surface area contributed by atoms with Gasteiger partial charge >= 0.3 is 0 Å². The summed E-state index contributed by atoms with van der Waals surface area (Å²) in [6.07, 6.45) is 3.81. The quantitative estimate of drug-likeness (QED) is 0.389. The predicted octanol–water partition coefficient (Wildman–Crippen LogP) is 4.42. The first-order valence-corrected chi connectivity index (χ1v) is 9.71. The van der Waals surface area contributed by atoms with Gasteiger partial charge in [0.1, 0.15) is 6.29 Å². The topological polar surface area (TPSA) is 26.3 Å². The van der Waals surface area contributed by atoms with Crippen LogP contribution in [0, 0.1) is 11.8 Å². The molecule has 0 N–H and O–H groups in total. The first-order valence-electron chi connectivity index (χ1n) is 6.80. The van der Waals surface area contributed by atoms with Crippen molar-refractivity contribution in [1.29, 1.82) is 0 Å². The molecule has 0 saturated heterocycles. The average molecular weight is 270 g/mol. The number of carbonyl (C=O) groups is 1. The summed E-state index contributed by atoms with van der Waals surface area (Å²) in [4.78, 5) is 10.7. The molecule has 0 amide bonds. The van der Waals surface area contributed by atoms with Gasteiger partial charge in [-0.3, -0.25) is 0 Å². The van der Waals surface area contributed by atoms with E-state index in [-0.39, 0.29) is 17.1 Å². The minimum atomic E-state index is -1.77. The van der Waals surface area contributed by atoms with Gasteiger partial charge < -0.3 is 9.22 Å². The number of carbonyl (C=O) groups excluding carboxylic acids is 1. The third-order valence-corrected chi connectivity index (χ3v) is 8.48. The molecule has 3 atom stereocenters. The molecule has 3 heteroatoms. The van der Waals surface area contributed by atoms with Crippen LogP contribution >= 0.6 is 0 Å². The summed E-state index contributed by atoms with van der Waals surface area (Å²) >= 11 is 0. The lowest BCUT2D eigenvalue weighted by molar-refractivity contribution is -0.111. The van der Waals surface area contributed by atoms with Gasteiger partial charge in [0.15, 0.2) is 8.32 Å². The summed E-state index contributed by atoms with van der Waals surface area (Å²) in [6, 6.07) is 0. The second-order valence-corrected chi connectivity index (χ2v) is 11.7. The Balaban J connectivity index is 4.70. The Bertz CT molecular complexity index is 279. The van der Waals surface area contributed by atoms with E-state index in [4.69, 9.17) is 4.43 Å². The molecule has 0 aliphatic heterocycles. The number of hydrogen-bond donors (Lipinski definition) is 0. The molecule has 0 spiro atoms. The molecule has 0 saturated carbocycles. The van der Waals surface area contributed by atoms with Crippen molar-refractivity contribution < 1.29 is 9.22 Å². The van der Waals surface area contributed by atoms with Crippen LogP contribution in [-0.2, 0) is 9.22 Å². The van der Waals surface area contributed by atoms with Crippen LogP contribution in [0.15, 0.2) is 12.7 Å². The Labute approximate surface area is 114 Å². The molecular formula is C15H30O2Si. The lowest BCUT2D eigenvalue weighted by Crippen LogP contribution is -2.45. The highest BCUT2D eigenvalue weighted by molar-refractivity contribution is 6.74. The summed E-state index contributed by atoms with van der Waals surface area (Å²) in [7, 11) is -1.77. The van der Waals surface area contributed by atoms with Crippen LogP contribution in [-0.4, -0.2) is 20.7 Å². The summed E-state index contributed by atoms with van der Waals surface area (Å²) in [5, 5.41) is 0.199. The molecule has 0 fully saturated rings. The van der Waals surface area contributed by atoms with E-state index in [9.17, 15) is 4.79 Å². The molecule has 0 aromatic heterocycles. The smallest absolute Gasteiger partial charge is 0.192 e. The summed E-state index contributed by atoms with van der Waals surface area (Å²) in [5.41, 5.74) is 0. The van der Waals surface area contributed by atoms with Gasteiger partial charge in [-0.05, 0) is 30.5 Å². The van der Waals surface area contributed by atoms with Crippen LogP contribution in [0.4, 0.5) is 0 Å². The Hall–Kier alpha value is -0.413. The molecule has 2 nitrogen and oxygen atoms in total. The van der Waals surface area contributed by atoms with Gasteiger partial charge in [-0.2, -0.15) is 0 Å². The molecule has 106 valence electrons. The average Bonchev–Trinajstić information content (AvgIpc) is 2.23. The van der Waals surface area contributed by atoms with Crippen molar-refractivity contribution in [2.75, 3.05) is 0 Å². The largest absolute Gasteiger partial charge is 0.410 e. The van der Waals surface area contributed by atoms with Gasteiger partial charge in [0.25, 0.3) is 0 Å². The molecule has 0 aliphatic rings. The molecule has 0 unspecified atom stereocenters. The molecule has 0 heterocycles. The summed E-state index contributed by atoms with van der Waals surface area (Å²) in [6.45, 7) is 19.2. The number of rotatable bonds is 7. The zero-order valence-electron chi connectivity index (χ0n) is 13.1. The van der Waals surface area contributed by atoms with Crippen molar-refractivity contribution in [2.24, 2.45) is 11.8 Å². The maximum absolute atomic E-state index is 10.7. The maximum atomic E-state index is 10.7. The Morgan fingerprint density at radius 3 is 2.11 bits per heavy atom. The van der Waals surface area contributed by atoms with Crippen LogP contribution in [0.1, 0.15) is 41.0 Å². The van der Waals surface area contributed by atoms with Crippen molar-refractivity contribution in [3.8, 4) is 0 Å². The number of hydrogen-bond acceptors (Lipinski definition) is 2. The zero-order chi connectivity index (χ0) is 14.6. The number of aldehydes is 1. The van der Waals surface area contributed by atoms with Crippen molar-refractivity contribution in [2.45, 2.75) is 65.3 Å². The van der Waals surface area contributed by atoms with Crippen molar-refractivity contribution >= 4 is 14.6 Å². The van der Waals surface area contributed by atoms with Gasteiger partial charge in [0, 0.05) is 5.92 Å². The third kappa shape index (κ3) is 5.07. The van der Waals surface area contributed by atoms with Crippen LogP contribution in [0.2, 0.25) is 18.1 Å². The molecular weight excluding hydrogens is 240 g/mol. The van der Waals surface area contributed by atoms with E-state index in [0.29, 0.717) is 5.92 Å². The summed E-state index contributed by atoms with van der Waals surface area (Å²) < 4.78 is 6.36. The Morgan fingerprint density at radius 2 is 1.78 bits per heavy atom. The van der Waals surface area contributed by atoms with Gasteiger partial charge in [-0.15, -0.1) is 6.58 Å². The molecule has 18 heavy (non-hydrogen) atoms. The molecule has 0 aromatic rings. The SMILES string of the molecule is C=C[C@@H](O[Si](C)(C)C(C)(C)C)[C@H](C)C[C@H](C)C=O. The summed E-state index contributed by atoms with van der Waals surface area (Å²) in [5.74, 6) is 0.419. The molecule has 0 rings (SSSR count). The highest BCUT2D eigenvalue weighted by atomic mass is 28.4. The van der Waals surface area contributed by atoms with Crippen molar-refractivity contribution in [3.05, 3.63) is 12.7 Å². The van der Waals surface area contributed by atoms with E-state index in [2.05, 4.69) is 47.4 Å². The molecule has 0 bridgehead atoms. The van der Waals surface area contributed by atoms with E-state index < -0.39 is 8.32 Å². The molecule has 0 radical (unpaired) electrons. The van der Waals surface area contributed by atoms with Gasteiger partial charge in [0.2, 0.25) is 0 Å². The first-order chi connectivity index (χ1) is 8.05. The van der Waals surface area contributed by atoms with E-state index in [1.165, 1.54) is 0 Å². The van der Waals surface area contributed by atoms with Gasteiger partial charge in [-0.25, -0.2) is 0 Å². The standard InChI is InChI=1S/C15H30O2Si/c1-9-14(13(3)10-12(2)11-16)17-18(7,8)15(4,5)6/h9,11-14H,1,10H2,2-8H3/t12-,13+,14+/m0/s1. The second kappa shape index (κ2) is 6.67. The van der Waals surface area contributed by atoms with Crippen LogP contribution in [0.3, 0.4) is 0 Å². The highest BCUT2D eigenvalue weighted by Gasteiger charge is 2.39. The molecule has 0 aromatic carbocycles. The minimum absolute atomic E-state index is 0.0493. The normalized spacial score (nSPS) is 17.9. The van der Waals surface area contributed by atoms with E-state index >= 15 is 0 Å². The highest BCUT2D eigenvalue weighted by Crippen LogP contribution is 2.38. The van der Waals surface area contributed by atoms with Crippen molar-refractivity contribution in [3.63, 3.8) is 0 Å². The lowest BCUT2D eigenvalue weighted by Gasteiger charge is -2.40. The minimum Gasteiger partial charge on any atom is -0.410 e. The van der Waals surface area contributed by atoms with Crippen LogP contribution in [0.5, 0.6) is 0 Å². The Morgan fingerprint density at radius 1 is 1.28 bits per heavy atom. The van der Waals surface area contributed by atoms with E-state index in [1.807, 2.05) is 13.0 Å². The monoisotopic (exact) mass is 270 g/mol. The zero-order valence-corrected chi connectivity index (χ0v) is 14.1. The van der Waals surface area contributed by atoms with E-state index in [1.54, 1.807) is 0 Å². The van der Waals surface area contributed by atoms with Crippen LogP contribution in [0.25, 0.3) is 0 Å². The fourth-order valence-corrected chi connectivity index (χ4v) is 3.05. The maximum Gasteiger partial charge on any atom is 0.192 e. The van der Waals surface area contributed by atoms with Gasteiger partial charge in [-0.1, -0.05) is 40.7 Å². The fourth-order valence-electron chi connectivity index (χ4n) is 1.69. The third-order valence-electron chi connectivity index (χ3n) is 4.01. The van der Waals surface area contributed by atoms with Gasteiger partial charge in [0.05, 0.1) is 6.10 Å². The lowest BCUT2D eigenvalue weighted by atomic mass is 9.94. The van der Waals surface area contributed by atoms with E-state index in [0.717, 1.165) is 12.7 Å². The predicted molar refractivity (Wildman–Crippen MR) is 81.3 cm³/mol. The second-order valence-electron chi connectivity index (χ2n) is 6.90. The molecule has 0 aliphatic carbocycles. The van der Waals surface area contributed by atoms with Crippen LogP contribution < -0.4 is 0 Å². The van der Waals surface area contributed by atoms with Crippen molar-refractivity contribution in [1.82, 2.24) is 0 Å².